The largest absolute Gasteiger partial charge is 0.456 e. The lowest BCUT2D eigenvalue weighted by Gasteiger charge is -2.16. The SMILES string of the molecule is O=C(COC(=O)CCC(=O)c1ccc2c(c1)CCCC2)NC(=O)NCCc1cccs1. The van der Waals surface area contributed by atoms with Gasteiger partial charge in [-0.3, -0.25) is 19.7 Å². The molecule has 0 saturated carbocycles. The molecule has 0 saturated heterocycles. The molecule has 3 rings (SSSR count). The van der Waals surface area contributed by atoms with E-state index in [-0.39, 0.29) is 18.6 Å². The van der Waals surface area contributed by atoms with E-state index in [1.165, 1.54) is 17.5 Å². The number of carbonyl (C=O) groups is 4. The van der Waals surface area contributed by atoms with E-state index in [1.54, 1.807) is 11.3 Å². The summed E-state index contributed by atoms with van der Waals surface area (Å²) in [6.07, 6.45) is 4.91. The molecule has 1 aromatic carbocycles. The Labute approximate surface area is 185 Å². The van der Waals surface area contributed by atoms with Gasteiger partial charge in [0.1, 0.15) is 0 Å². The van der Waals surface area contributed by atoms with Crippen molar-refractivity contribution in [2.24, 2.45) is 0 Å². The topological polar surface area (TPSA) is 102 Å². The van der Waals surface area contributed by atoms with Crippen LogP contribution in [0.3, 0.4) is 0 Å². The second-order valence-corrected chi connectivity index (χ2v) is 8.44. The summed E-state index contributed by atoms with van der Waals surface area (Å²) in [5.41, 5.74) is 3.11. The summed E-state index contributed by atoms with van der Waals surface area (Å²) < 4.78 is 4.86. The van der Waals surface area contributed by atoms with Crippen molar-refractivity contribution >= 4 is 35.0 Å². The number of amides is 3. The number of ether oxygens (including phenoxy) is 1. The maximum Gasteiger partial charge on any atom is 0.321 e. The number of benzene rings is 1. The quantitative estimate of drug-likeness (QED) is 0.459. The zero-order valence-electron chi connectivity index (χ0n) is 17.3. The molecule has 2 N–H and O–H groups in total. The highest BCUT2D eigenvalue weighted by Gasteiger charge is 2.15. The van der Waals surface area contributed by atoms with Crippen LogP contribution >= 0.6 is 11.3 Å². The lowest BCUT2D eigenvalue weighted by Crippen LogP contribution is -2.42. The van der Waals surface area contributed by atoms with Gasteiger partial charge in [0.25, 0.3) is 5.91 Å². The predicted octanol–water partition coefficient (Wildman–Crippen LogP) is 3.20. The second-order valence-electron chi connectivity index (χ2n) is 7.41. The van der Waals surface area contributed by atoms with Crippen LogP contribution < -0.4 is 10.6 Å². The predicted molar refractivity (Wildman–Crippen MR) is 117 cm³/mol. The molecule has 164 valence electrons. The lowest BCUT2D eigenvalue weighted by molar-refractivity contribution is -0.148. The van der Waals surface area contributed by atoms with Gasteiger partial charge in [-0.25, -0.2) is 4.79 Å². The number of nitrogens with one attached hydrogen (secondary N) is 2. The number of Topliss-reactive ketones (excluding diaryl/α,β-unsaturated/α-hetero) is 1. The van der Waals surface area contributed by atoms with Crippen molar-refractivity contribution in [3.63, 3.8) is 0 Å². The van der Waals surface area contributed by atoms with Crippen LogP contribution in [0, 0.1) is 0 Å². The van der Waals surface area contributed by atoms with E-state index >= 15 is 0 Å². The third kappa shape index (κ3) is 7.32. The smallest absolute Gasteiger partial charge is 0.321 e. The van der Waals surface area contributed by atoms with Gasteiger partial charge in [0.05, 0.1) is 6.42 Å². The van der Waals surface area contributed by atoms with Gasteiger partial charge in [-0.15, -0.1) is 11.3 Å². The molecular weight excluding hydrogens is 416 g/mol. The van der Waals surface area contributed by atoms with E-state index in [2.05, 4.69) is 10.6 Å². The van der Waals surface area contributed by atoms with Crippen molar-refractivity contribution in [1.29, 1.82) is 0 Å². The average molecular weight is 443 g/mol. The van der Waals surface area contributed by atoms with Crippen LogP contribution in [0.15, 0.2) is 35.7 Å². The van der Waals surface area contributed by atoms with Crippen LogP contribution in [-0.4, -0.2) is 36.8 Å². The van der Waals surface area contributed by atoms with Crippen LogP contribution in [0.2, 0.25) is 0 Å². The first-order valence-electron chi connectivity index (χ1n) is 10.4. The highest BCUT2D eigenvalue weighted by molar-refractivity contribution is 7.09. The molecular formula is C23H26N2O5S. The van der Waals surface area contributed by atoms with Gasteiger partial charge in [0, 0.05) is 23.4 Å². The van der Waals surface area contributed by atoms with Crippen molar-refractivity contribution < 1.29 is 23.9 Å². The fourth-order valence-electron chi connectivity index (χ4n) is 3.45. The number of hydrogen-bond donors (Lipinski definition) is 2. The molecule has 7 nitrogen and oxygen atoms in total. The van der Waals surface area contributed by atoms with Crippen molar-refractivity contribution in [3.8, 4) is 0 Å². The van der Waals surface area contributed by atoms with E-state index in [1.807, 2.05) is 35.7 Å². The van der Waals surface area contributed by atoms with Gasteiger partial charge in [-0.05, 0) is 60.7 Å². The Bertz CT molecular complexity index is 939. The van der Waals surface area contributed by atoms with Crippen molar-refractivity contribution in [2.45, 2.75) is 44.9 Å². The highest BCUT2D eigenvalue weighted by Crippen LogP contribution is 2.23. The Morgan fingerprint density at radius 1 is 1.00 bits per heavy atom. The third-order valence-corrected chi connectivity index (χ3v) is 6.02. The summed E-state index contributed by atoms with van der Waals surface area (Å²) >= 11 is 1.59. The number of fused-ring (bicyclic) bond motifs is 1. The molecule has 3 amide bonds. The minimum absolute atomic E-state index is 0.0163. The monoisotopic (exact) mass is 442 g/mol. The molecule has 1 heterocycles. The molecule has 31 heavy (non-hydrogen) atoms. The third-order valence-electron chi connectivity index (χ3n) is 5.08. The van der Waals surface area contributed by atoms with E-state index in [0.717, 1.165) is 24.1 Å². The molecule has 0 radical (unpaired) electrons. The number of esters is 1. The molecule has 1 aliphatic carbocycles. The van der Waals surface area contributed by atoms with Crippen molar-refractivity contribution in [3.05, 3.63) is 57.3 Å². The first-order chi connectivity index (χ1) is 15.0. The zero-order valence-corrected chi connectivity index (χ0v) is 18.1. The number of hydrogen-bond acceptors (Lipinski definition) is 6. The van der Waals surface area contributed by atoms with Crippen LogP contribution in [0.5, 0.6) is 0 Å². The first-order valence-corrected chi connectivity index (χ1v) is 11.3. The summed E-state index contributed by atoms with van der Waals surface area (Å²) in [5.74, 6) is -1.50. The van der Waals surface area contributed by atoms with E-state index in [0.29, 0.717) is 18.5 Å². The average Bonchev–Trinajstić information content (AvgIpc) is 3.29. The Morgan fingerprint density at radius 3 is 2.58 bits per heavy atom. The van der Waals surface area contributed by atoms with Gasteiger partial charge in [-0.2, -0.15) is 0 Å². The summed E-state index contributed by atoms with van der Waals surface area (Å²) in [4.78, 5) is 48.8. The Hall–Kier alpha value is -3.00. The fraction of sp³-hybridized carbons (Fsp3) is 0.391. The Morgan fingerprint density at radius 2 is 1.81 bits per heavy atom. The second kappa shape index (κ2) is 11.4. The fourth-order valence-corrected chi connectivity index (χ4v) is 4.15. The minimum atomic E-state index is -0.719. The summed E-state index contributed by atoms with van der Waals surface area (Å²) in [6, 6.07) is 8.98. The summed E-state index contributed by atoms with van der Waals surface area (Å²) in [7, 11) is 0. The van der Waals surface area contributed by atoms with Crippen LogP contribution in [0.25, 0.3) is 0 Å². The number of ketones is 1. The number of carbonyl (C=O) groups excluding carboxylic acids is 4. The molecule has 2 aromatic rings. The van der Waals surface area contributed by atoms with Crippen molar-refractivity contribution in [1.82, 2.24) is 10.6 Å². The number of rotatable bonds is 9. The number of imide groups is 1. The van der Waals surface area contributed by atoms with Gasteiger partial charge in [-0.1, -0.05) is 18.2 Å². The van der Waals surface area contributed by atoms with Gasteiger partial charge in [0.15, 0.2) is 12.4 Å². The van der Waals surface area contributed by atoms with E-state index in [4.69, 9.17) is 4.74 Å². The molecule has 0 spiro atoms. The maximum atomic E-state index is 12.4. The van der Waals surface area contributed by atoms with Gasteiger partial charge < -0.3 is 10.1 Å². The first kappa shape index (κ1) is 22.7. The van der Waals surface area contributed by atoms with E-state index in [9.17, 15) is 19.2 Å². The molecule has 0 bridgehead atoms. The molecule has 0 aliphatic heterocycles. The van der Waals surface area contributed by atoms with Crippen LogP contribution in [0.4, 0.5) is 4.79 Å². The Balaban J connectivity index is 1.31. The number of urea groups is 1. The van der Waals surface area contributed by atoms with E-state index < -0.39 is 24.5 Å². The summed E-state index contributed by atoms with van der Waals surface area (Å²) in [6.45, 7) is -0.172. The number of aryl methyl sites for hydroxylation is 2. The standard InChI is InChI=1S/C23H26N2O5S/c26-20(18-8-7-16-4-1-2-5-17(16)14-18)9-10-22(28)30-15-21(27)25-23(29)24-12-11-19-6-3-13-31-19/h3,6-8,13-14H,1-2,4-5,9-12,15H2,(H2,24,25,27,29). The Kier molecular flexibility index (Phi) is 8.35. The zero-order chi connectivity index (χ0) is 22.1. The van der Waals surface area contributed by atoms with Crippen LogP contribution in [0.1, 0.15) is 52.0 Å². The molecule has 8 heteroatoms. The lowest BCUT2D eigenvalue weighted by atomic mass is 9.89. The molecule has 1 aliphatic rings. The highest BCUT2D eigenvalue weighted by atomic mass is 32.1. The summed E-state index contributed by atoms with van der Waals surface area (Å²) in [5, 5.41) is 6.63. The minimum Gasteiger partial charge on any atom is -0.456 e. The molecule has 0 atom stereocenters. The maximum absolute atomic E-state index is 12.4. The molecule has 1 aromatic heterocycles. The number of thiophene rings is 1. The van der Waals surface area contributed by atoms with Gasteiger partial charge in [0.2, 0.25) is 0 Å². The van der Waals surface area contributed by atoms with Crippen LogP contribution in [-0.2, 0) is 33.6 Å². The molecule has 0 fully saturated rings. The van der Waals surface area contributed by atoms with Crippen molar-refractivity contribution in [2.75, 3.05) is 13.2 Å². The van der Waals surface area contributed by atoms with Gasteiger partial charge >= 0.3 is 12.0 Å². The normalized spacial score (nSPS) is 12.5. The molecule has 0 unspecified atom stereocenters.